The fraction of sp³-hybridized carbons (Fsp3) is 0.200. The van der Waals surface area contributed by atoms with E-state index in [1.807, 2.05) is 30.3 Å². The number of nitrogens with zero attached hydrogens (tertiary/aromatic N) is 1. The molecule has 14 heavy (non-hydrogen) atoms. The molecule has 0 aliphatic carbocycles. The van der Waals surface area contributed by atoms with Crippen LogP contribution in [-0.4, -0.2) is 24.5 Å². The summed E-state index contributed by atoms with van der Waals surface area (Å²) < 4.78 is 4.84. The maximum absolute atomic E-state index is 11.0. The van der Waals surface area contributed by atoms with Crippen LogP contribution >= 0.6 is 0 Å². The van der Waals surface area contributed by atoms with Crippen LogP contribution in [-0.2, 0) is 16.1 Å². The number of hydrogen-bond donors (Lipinski definition) is 0. The summed E-state index contributed by atoms with van der Waals surface area (Å²) in [6, 6.07) is 9.27. The molecular formula is C10H11NO3. The Labute approximate surface area is 82.1 Å². The number of ether oxygens (including phenoxy) is 1. The lowest BCUT2D eigenvalue weighted by Gasteiger charge is -2.09. The quantitative estimate of drug-likeness (QED) is 0.682. The van der Waals surface area contributed by atoms with E-state index in [0.29, 0.717) is 6.41 Å². The summed E-state index contributed by atoms with van der Waals surface area (Å²) in [7, 11) is 1.35. The van der Waals surface area contributed by atoms with E-state index in [0.717, 1.165) is 10.5 Å². The molecule has 2 amide bonds. The van der Waals surface area contributed by atoms with Crippen molar-refractivity contribution < 1.29 is 14.3 Å². The second-order valence-corrected chi connectivity index (χ2v) is 2.76. The SMILES string of the molecule is CN(C=O)C(=O)OCc1ccccc1. The van der Waals surface area contributed by atoms with Gasteiger partial charge in [-0.15, -0.1) is 0 Å². The van der Waals surface area contributed by atoms with Crippen LogP contribution in [0.4, 0.5) is 4.79 Å². The third-order valence-corrected chi connectivity index (χ3v) is 1.65. The average Bonchev–Trinajstić information content (AvgIpc) is 2.26. The van der Waals surface area contributed by atoms with Crippen molar-refractivity contribution in [3.8, 4) is 0 Å². The van der Waals surface area contributed by atoms with Gasteiger partial charge in [-0.3, -0.25) is 9.69 Å². The van der Waals surface area contributed by atoms with Crippen LogP contribution in [0.5, 0.6) is 0 Å². The van der Waals surface area contributed by atoms with Crippen molar-refractivity contribution in [2.45, 2.75) is 6.61 Å². The van der Waals surface area contributed by atoms with Gasteiger partial charge in [-0.25, -0.2) is 4.79 Å². The summed E-state index contributed by atoms with van der Waals surface area (Å²) in [4.78, 5) is 22.1. The van der Waals surface area contributed by atoms with Gasteiger partial charge >= 0.3 is 6.09 Å². The molecule has 0 aliphatic heterocycles. The molecule has 4 nitrogen and oxygen atoms in total. The monoisotopic (exact) mass is 193 g/mol. The van der Waals surface area contributed by atoms with Crippen molar-refractivity contribution in [1.29, 1.82) is 0 Å². The summed E-state index contributed by atoms with van der Waals surface area (Å²) in [6.45, 7) is 0.178. The van der Waals surface area contributed by atoms with Gasteiger partial charge in [0.15, 0.2) is 0 Å². The Morgan fingerprint density at radius 1 is 1.43 bits per heavy atom. The summed E-state index contributed by atoms with van der Waals surface area (Å²) >= 11 is 0. The molecule has 0 aromatic heterocycles. The number of hydrogen-bond acceptors (Lipinski definition) is 3. The zero-order valence-corrected chi connectivity index (χ0v) is 7.84. The van der Waals surface area contributed by atoms with Gasteiger partial charge in [-0.05, 0) is 5.56 Å². The summed E-state index contributed by atoms with van der Waals surface area (Å²) in [6.07, 6.45) is -0.239. The fourth-order valence-corrected chi connectivity index (χ4v) is 0.864. The van der Waals surface area contributed by atoms with Gasteiger partial charge in [0.25, 0.3) is 0 Å². The van der Waals surface area contributed by atoms with Crippen LogP contribution in [0.15, 0.2) is 30.3 Å². The molecule has 1 aromatic rings. The molecule has 0 unspecified atom stereocenters. The lowest BCUT2D eigenvalue weighted by atomic mass is 10.2. The van der Waals surface area contributed by atoms with Gasteiger partial charge in [-0.2, -0.15) is 0 Å². The van der Waals surface area contributed by atoms with Crippen LogP contribution < -0.4 is 0 Å². The number of benzene rings is 1. The Balaban J connectivity index is 2.42. The molecule has 0 spiro atoms. The maximum Gasteiger partial charge on any atom is 0.416 e. The van der Waals surface area contributed by atoms with E-state index < -0.39 is 6.09 Å². The van der Waals surface area contributed by atoms with E-state index >= 15 is 0 Å². The van der Waals surface area contributed by atoms with Crippen molar-refractivity contribution in [2.24, 2.45) is 0 Å². The van der Waals surface area contributed by atoms with E-state index in [1.54, 1.807) is 0 Å². The number of amides is 2. The molecular weight excluding hydrogens is 182 g/mol. The summed E-state index contributed by atoms with van der Waals surface area (Å²) in [5.41, 5.74) is 0.889. The molecule has 1 rings (SSSR count). The van der Waals surface area contributed by atoms with Gasteiger partial charge in [0, 0.05) is 7.05 Å². The third-order valence-electron chi connectivity index (χ3n) is 1.65. The van der Waals surface area contributed by atoms with Crippen molar-refractivity contribution in [1.82, 2.24) is 4.90 Å². The second-order valence-electron chi connectivity index (χ2n) is 2.76. The number of carbonyl (C=O) groups is 2. The average molecular weight is 193 g/mol. The van der Waals surface area contributed by atoms with Gasteiger partial charge in [0.1, 0.15) is 6.61 Å². The largest absolute Gasteiger partial charge is 0.444 e. The van der Waals surface area contributed by atoms with Gasteiger partial charge in [0.2, 0.25) is 6.41 Å². The molecule has 0 fully saturated rings. The Morgan fingerprint density at radius 3 is 2.64 bits per heavy atom. The Bertz CT molecular complexity index is 310. The van der Waals surface area contributed by atoms with E-state index in [9.17, 15) is 9.59 Å². The van der Waals surface area contributed by atoms with Crippen molar-refractivity contribution in [2.75, 3.05) is 7.05 Å². The fourth-order valence-electron chi connectivity index (χ4n) is 0.864. The van der Waals surface area contributed by atoms with E-state index in [-0.39, 0.29) is 6.61 Å². The highest BCUT2D eigenvalue weighted by atomic mass is 16.6. The molecule has 0 radical (unpaired) electrons. The van der Waals surface area contributed by atoms with Crippen LogP contribution in [0.2, 0.25) is 0 Å². The van der Waals surface area contributed by atoms with Gasteiger partial charge in [-0.1, -0.05) is 30.3 Å². The first-order valence-electron chi connectivity index (χ1n) is 4.13. The molecule has 0 saturated heterocycles. The van der Waals surface area contributed by atoms with E-state index in [4.69, 9.17) is 4.74 Å². The predicted octanol–water partition coefficient (Wildman–Crippen LogP) is 1.41. The smallest absolute Gasteiger partial charge is 0.416 e. The van der Waals surface area contributed by atoms with Crippen LogP contribution in [0, 0.1) is 0 Å². The van der Waals surface area contributed by atoms with Crippen LogP contribution in [0.25, 0.3) is 0 Å². The molecule has 0 heterocycles. The minimum atomic E-state index is -0.649. The summed E-state index contributed by atoms with van der Waals surface area (Å²) in [5, 5.41) is 0. The lowest BCUT2D eigenvalue weighted by molar-refractivity contribution is -0.115. The predicted molar refractivity (Wildman–Crippen MR) is 50.5 cm³/mol. The molecule has 0 N–H and O–H groups in total. The minimum absolute atomic E-state index is 0.178. The molecule has 0 bridgehead atoms. The first kappa shape index (κ1) is 10.2. The normalized spacial score (nSPS) is 9.21. The molecule has 74 valence electrons. The number of imide groups is 1. The third kappa shape index (κ3) is 2.90. The summed E-state index contributed by atoms with van der Waals surface area (Å²) in [5.74, 6) is 0. The topological polar surface area (TPSA) is 46.6 Å². The van der Waals surface area contributed by atoms with E-state index in [2.05, 4.69) is 0 Å². The first-order valence-corrected chi connectivity index (χ1v) is 4.13. The maximum atomic E-state index is 11.0. The lowest BCUT2D eigenvalue weighted by Crippen LogP contribution is -2.25. The molecule has 0 aliphatic rings. The minimum Gasteiger partial charge on any atom is -0.444 e. The standard InChI is InChI=1S/C10H11NO3/c1-11(8-12)10(13)14-7-9-5-3-2-4-6-9/h2-6,8H,7H2,1H3. The number of carbonyl (C=O) groups excluding carboxylic acids is 2. The molecule has 0 saturated carbocycles. The highest BCUT2D eigenvalue weighted by Gasteiger charge is 2.07. The van der Waals surface area contributed by atoms with Crippen molar-refractivity contribution in [3.63, 3.8) is 0 Å². The van der Waals surface area contributed by atoms with Crippen LogP contribution in [0.3, 0.4) is 0 Å². The number of rotatable bonds is 3. The highest BCUT2D eigenvalue weighted by Crippen LogP contribution is 2.01. The van der Waals surface area contributed by atoms with Gasteiger partial charge < -0.3 is 4.74 Å². The molecule has 0 atom stereocenters. The molecule has 1 aromatic carbocycles. The van der Waals surface area contributed by atoms with Crippen molar-refractivity contribution in [3.05, 3.63) is 35.9 Å². The Hall–Kier alpha value is -1.84. The Morgan fingerprint density at radius 2 is 2.07 bits per heavy atom. The zero-order valence-electron chi connectivity index (χ0n) is 7.84. The van der Waals surface area contributed by atoms with Crippen LogP contribution in [0.1, 0.15) is 5.56 Å². The highest BCUT2D eigenvalue weighted by molar-refractivity contribution is 5.79. The zero-order chi connectivity index (χ0) is 10.4. The second kappa shape index (κ2) is 5.01. The van der Waals surface area contributed by atoms with E-state index in [1.165, 1.54) is 7.05 Å². The first-order chi connectivity index (χ1) is 6.74. The Kier molecular flexibility index (Phi) is 3.67. The van der Waals surface area contributed by atoms with Gasteiger partial charge in [0.05, 0.1) is 0 Å². The molecule has 4 heteroatoms. The van der Waals surface area contributed by atoms with Crippen molar-refractivity contribution >= 4 is 12.5 Å².